The van der Waals surface area contributed by atoms with E-state index in [2.05, 4.69) is 22.9 Å². The maximum atomic E-state index is 3.99. The molecule has 0 aromatic carbocycles. The van der Waals surface area contributed by atoms with Crippen molar-refractivity contribution in [3.63, 3.8) is 0 Å². The van der Waals surface area contributed by atoms with Crippen molar-refractivity contribution in [1.29, 1.82) is 0 Å². The molecule has 0 unspecified atom stereocenters. The quantitative estimate of drug-likeness (QED) is 0.540. The number of hydrogen-bond donors (Lipinski definition) is 0. The van der Waals surface area contributed by atoms with Crippen molar-refractivity contribution < 1.29 is 0 Å². The molecule has 1 aliphatic carbocycles. The molecule has 0 saturated carbocycles. The van der Waals surface area contributed by atoms with Gasteiger partial charge >= 0.3 is 0 Å². The first-order valence-corrected chi connectivity index (χ1v) is 4.23. The highest BCUT2D eigenvalue weighted by atomic mass is 14.6. The lowest BCUT2D eigenvalue weighted by atomic mass is 10.2. The minimum absolute atomic E-state index is 0.966. The van der Waals surface area contributed by atoms with Gasteiger partial charge in [0.1, 0.15) is 0 Å². The Morgan fingerprint density at radius 3 is 3.00 bits per heavy atom. The zero-order chi connectivity index (χ0) is 8.93. The largest absolute Gasteiger partial charge is 0.263 e. The highest BCUT2D eigenvalue weighted by Gasteiger charge is 1.92. The van der Waals surface area contributed by atoms with Crippen LogP contribution in [0.2, 0.25) is 0 Å². The van der Waals surface area contributed by atoms with Crippen molar-refractivity contribution in [2.24, 2.45) is 0 Å². The fourth-order valence-electron chi connectivity index (χ4n) is 1.13. The molecule has 1 nitrogen and oxygen atoms in total. The van der Waals surface area contributed by atoms with Crippen LogP contribution >= 0.6 is 0 Å². The Hall–Kier alpha value is -1.81. The monoisotopic (exact) mass is 167 g/mol. The predicted molar refractivity (Wildman–Crippen MR) is 53.0 cm³/mol. The van der Waals surface area contributed by atoms with E-state index < -0.39 is 0 Å². The second-order valence-electron chi connectivity index (χ2n) is 2.82. The smallest absolute Gasteiger partial charge is 0.0432 e. The molecule has 1 aromatic rings. The Labute approximate surface area is 77.8 Å². The summed E-state index contributed by atoms with van der Waals surface area (Å²) in [6.45, 7) is 0. The molecule has 0 fully saturated rings. The molecule has 1 heterocycles. The van der Waals surface area contributed by atoms with Crippen LogP contribution in [0.25, 0.3) is 0 Å². The van der Waals surface area contributed by atoms with Crippen molar-refractivity contribution >= 4 is 0 Å². The zero-order valence-electron chi connectivity index (χ0n) is 7.20. The van der Waals surface area contributed by atoms with Crippen LogP contribution in [0.5, 0.6) is 0 Å². The summed E-state index contributed by atoms with van der Waals surface area (Å²) in [7, 11) is 0. The van der Waals surface area contributed by atoms with Crippen LogP contribution in [0.1, 0.15) is 12.0 Å². The van der Waals surface area contributed by atoms with Gasteiger partial charge in [-0.2, -0.15) is 0 Å². The van der Waals surface area contributed by atoms with Gasteiger partial charge in [-0.3, -0.25) is 4.98 Å². The van der Waals surface area contributed by atoms with Crippen LogP contribution in [0.4, 0.5) is 0 Å². The molecule has 0 aliphatic heterocycles. The fourth-order valence-corrected chi connectivity index (χ4v) is 1.13. The first-order valence-electron chi connectivity index (χ1n) is 4.23. The molecule has 13 heavy (non-hydrogen) atoms. The van der Waals surface area contributed by atoms with Crippen molar-refractivity contribution in [3.8, 4) is 11.8 Å². The third-order valence-electron chi connectivity index (χ3n) is 1.80. The van der Waals surface area contributed by atoms with Gasteiger partial charge in [-0.05, 0) is 18.6 Å². The second-order valence-corrected chi connectivity index (χ2v) is 2.82. The molecule has 0 atom stereocenters. The van der Waals surface area contributed by atoms with E-state index >= 15 is 0 Å². The molecule has 0 bridgehead atoms. The van der Waals surface area contributed by atoms with E-state index in [1.165, 1.54) is 5.57 Å². The van der Waals surface area contributed by atoms with Gasteiger partial charge in [0.2, 0.25) is 0 Å². The van der Waals surface area contributed by atoms with Crippen LogP contribution in [0.3, 0.4) is 0 Å². The van der Waals surface area contributed by atoms with E-state index in [1.54, 1.807) is 12.4 Å². The number of aromatic nitrogens is 1. The van der Waals surface area contributed by atoms with Gasteiger partial charge in [0.25, 0.3) is 0 Å². The number of allylic oxidation sites excluding steroid dienone is 4. The molecule has 1 heteroatoms. The van der Waals surface area contributed by atoms with Crippen molar-refractivity contribution in [3.05, 3.63) is 53.9 Å². The van der Waals surface area contributed by atoms with Crippen molar-refractivity contribution in [2.45, 2.75) is 6.42 Å². The SMILES string of the molecule is C(#Cc1cccnc1)C1=CC=CC1. The summed E-state index contributed by atoms with van der Waals surface area (Å²) < 4.78 is 0. The molecule has 2 rings (SSSR count). The Balaban J connectivity index is 2.13. The lowest BCUT2D eigenvalue weighted by Crippen LogP contribution is -1.76. The summed E-state index contributed by atoms with van der Waals surface area (Å²) in [5.74, 6) is 6.17. The third kappa shape index (κ3) is 2.07. The van der Waals surface area contributed by atoms with E-state index in [4.69, 9.17) is 0 Å². The van der Waals surface area contributed by atoms with E-state index in [-0.39, 0.29) is 0 Å². The van der Waals surface area contributed by atoms with Gasteiger partial charge in [0, 0.05) is 23.5 Å². The first-order chi connectivity index (χ1) is 6.45. The number of hydrogen-bond acceptors (Lipinski definition) is 1. The van der Waals surface area contributed by atoms with E-state index in [1.807, 2.05) is 24.3 Å². The summed E-state index contributed by atoms with van der Waals surface area (Å²) in [4.78, 5) is 3.99. The topological polar surface area (TPSA) is 12.9 Å². The maximum absolute atomic E-state index is 3.99. The lowest BCUT2D eigenvalue weighted by Gasteiger charge is -1.87. The van der Waals surface area contributed by atoms with Crippen LogP contribution < -0.4 is 0 Å². The van der Waals surface area contributed by atoms with Crippen LogP contribution in [-0.2, 0) is 0 Å². The molecule has 0 N–H and O–H groups in total. The Morgan fingerprint density at radius 2 is 2.31 bits per heavy atom. The minimum Gasteiger partial charge on any atom is -0.263 e. The van der Waals surface area contributed by atoms with Crippen LogP contribution in [-0.4, -0.2) is 4.98 Å². The molecule has 0 spiro atoms. The van der Waals surface area contributed by atoms with E-state index in [0.717, 1.165) is 12.0 Å². The van der Waals surface area contributed by atoms with Gasteiger partial charge in [-0.15, -0.1) is 0 Å². The number of nitrogens with zero attached hydrogens (tertiary/aromatic N) is 1. The third-order valence-corrected chi connectivity index (χ3v) is 1.80. The summed E-state index contributed by atoms with van der Waals surface area (Å²) >= 11 is 0. The van der Waals surface area contributed by atoms with Gasteiger partial charge < -0.3 is 0 Å². The Bertz CT molecular complexity index is 402. The van der Waals surface area contributed by atoms with E-state index in [0.29, 0.717) is 0 Å². The Morgan fingerprint density at radius 1 is 1.31 bits per heavy atom. The normalized spacial score (nSPS) is 13.4. The highest BCUT2D eigenvalue weighted by Crippen LogP contribution is 2.08. The molecule has 0 saturated heterocycles. The minimum atomic E-state index is 0.966. The van der Waals surface area contributed by atoms with E-state index in [9.17, 15) is 0 Å². The van der Waals surface area contributed by atoms with Gasteiger partial charge in [-0.25, -0.2) is 0 Å². The second kappa shape index (κ2) is 3.73. The summed E-state index contributed by atoms with van der Waals surface area (Å²) in [5, 5.41) is 0. The predicted octanol–water partition coefficient (Wildman–Crippen LogP) is 2.32. The summed E-state index contributed by atoms with van der Waals surface area (Å²) in [6.07, 6.45) is 10.7. The summed E-state index contributed by atoms with van der Waals surface area (Å²) in [5.41, 5.74) is 2.14. The number of rotatable bonds is 0. The Kier molecular flexibility index (Phi) is 2.24. The average molecular weight is 167 g/mol. The molecule has 1 aromatic heterocycles. The van der Waals surface area contributed by atoms with Crippen LogP contribution in [0, 0.1) is 11.8 Å². The standard InChI is InChI=1S/C12H9N/c1-2-5-11(4-1)7-8-12-6-3-9-13-10-12/h1-4,6,9-10H,5H2. The fraction of sp³-hybridized carbons (Fsp3) is 0.0833. The number of pyridine rings is 1. The molecule has 1 aliphatic rings. The van der Waals surface area contributed by atoms with Crippen molar-refractivity contribution in [1.82, 2.24) is 4.98 Å². The first kappa shape index (κ1) is 7.82. The summed E-state index contributed by atoms with van der Waals surface area (Å²) in [6, 6.07) is 3.86. The average Bonchev–Trinajstić information content (AvgIpc) is 2.69. The maximum Gasteiger partial charge on any atom is 0.0432 e. The van der Waals surface area contributed by atoms with Gasteiger partial charge in [0.15, 0.2) is 0 Å². The van der Waals surface area contributed by atoms with Crippen LogP contribution in [0.15, 0.2) is 48.3 Å². The lowest BCUT2D eigenvalue weighted by molar-refractivity contribution is 1.31. The molecule has 0 radical (unpaired) electrons. The van der Waals surface area contributed by atoms with Gasteiger partial charge in [0.05, 0.1) is 0 Å². The molecular weight excluding hydrogens is 158 g/mol. The van der Waals surface area contributed by atoms with Crippen molar-refractivity contribution in [2.75, 3.05) is 0 Å². The molecular formula is C12H9N. The molecule has 0 amide bonds. The zero-order valence-corrected chi connectivity index (χ0v) is 7.20. The van der Waals surface area contributed by atoms with Gasteiger partial charge in [-0.1, -0.05) is 30.1 Å². The molecule has 62 valence electrons. The highest BCUT2D eigenvalue weighted by molar-refractivity contribution is 5.43.